The number of nitrogens with zero attached hydrogens (tertiary/aromatic N) is 4. The van der Waals surface area contributed by atoms with Crippen LogP contribution in [-0.2, 0) is 4.79 Å². The second-order valence-corrected chi connectivity index (χ2v) is 6.87. The van der Waals surface area contributed by atoms with Gasteiger partial charge in [-0.2, -0.15) is 0 Å². The Morgan fingerprint density at radius 3 is 2.29 bits per heavy atom. The molecule has 0 spiro atoms. The summed E-state index contributed by atoms with van der Waals surface area (Å²) in [4.78, 5) is 46.7. The fraction of sp³-hybridized carbons (Fsp3) is 0.300. The minimum Gasteiger partial charge on any atom is -0.368 e. The summed E-state index contributed by atoms with van der Waals surface area (Å²) in [6.07, 6.45) is 2.81. The van der Waals surface area contributed by atoms with Gasteiger partial charge in [-0.1, -0.05) is 0 Å². The summed E-state index contributed by atoms with van der Waals surface area (Å²) in [7, 11) is 0. The third kappa shape index (κ3) is 3.00. The van der Waals surface area contributed by atoms with Crippen LogP contribution < -0.4 is 4.90 Å². The highest BCUT2D eigenvalue weighted by molar-refractivity contribution is 6.22. The van der Waals surface area contributed by atoms with Gasteiger partial charge in [0.1, 0.15) is 11.9 Å². The normalized spacial score (nSPS) is 17.7. The molecule has 0 bridgehead atoms. The summed E-state index contributed by atoms with van der Waals surface area (Å²) in [5.74, 6) is -1.50. The van der Waals surface area contributed by atoms with Crippen molar-refractivity contribution in [1.82, 2.24) is 14.8 Å². The number of carbonyl (C=O) groups excluding carboxylic acids is 3. The molecule has 144 valence electrons. The summed E-state index contributed by atoms with van der Waals surface area (Å²) < 4.78 is 13.1. The first-order chi connectivity index (χ1) is 13.5. The third-order valence-corrected chi connectivity index (χ3v) is 5.25. The smallest absolute Gasteiger partial charge is 0.263 e. The Morgan fingerprint density at radius 1 is 1.00 bits per heavy atom. The molecular formula is C20H19FN4O3. The average molecular weight is 382 g/mol. The van der Waals surface area contributed by atoms with Gasteiger partial charge in [-0.3, -0.25) is 24.3 Å². The predicted molar refractivity (Wildman–Crippen MR) is 99.4 cm³/mol. The van der Waals surface area contributed by atoms with Crippen molar-refractivity contribution in [3.05, 3.63) is 59.7 Å². The number of rotatable bonds is 3. The summed E-state index contributed by atoms with van der Waals surface area (Å²) in [5, 5.41) is 0. The van der Waals surface area contributed by atoms with E-state index in [0.717, 1.165) is 10.6 Å². The number of benzene rings is 1. The van der Waals surface area contributed by atoms with E-state index in [1.165, 1.54) is 30.6 Å². The van der Waals surface area contributed by atoms with Crippen molar-refractivity contribution < 1.29 is 18.8 Å². The zero-order valence-electron chi connectivity index (χ0n) is 15.3. The monoisotopic (exact) mass is 382 g/mol. The van der Waals surface area contributed by atoms with Crippen molar-refractivity contribution in [1.29, 1.82) is 0 Å². The molecule has 0 saturated carbocycles. The number of fused-ring (bicyclic) bond motifs is 1. The quantitative estimate of drug-likeness (QED) is 0.753. The lowest BCUT2D eigenvalue weighted by Gasteiger charge is -2.38. The Hall–Kier alpha value is -3.29. The standard InChI is InChI=1S/C20H19FN4O3/c1-13(25-19(27)16-6-7-22-12-17(16)20(25)28)18(26)24-10-8-23(9-11-24)15-4-2-14(21)3-5-15/h2-7,12-13H,8-11H2,1H3. The number of hydrogen-bond acceptors (Lipinski definition) is 5. The van der Waals surface area contributed by atoms with Crippen LogP contribution in [0, 0.1) is 5.82 Å². The van der Waals surface area contributed by atoms with E-state index in [1.54, 1.807) is 24.0 Å². The van der Waals surface area contributed by atoms with Crippen molar-refractivity contribution in [2.45, 2.75) is 13.0 Å². The lowest BCUT2D eigenvalue weighted by Crippen LogP contribution is -2.55. The van der Waals surface area contributed by atoms with Gasteiger partial charge in [-0.15, -0.1) is 0 Å². The highest BCUT2D eigenvalue weighted by atomic mass is 19.1. The van der Waals surface area contributed by atoms with Gasteiger partial charge in [0.05, 0.1) is 11.1 Å². The number of pyridine rings is 1. The second-order valence-electron chi connectivity index (χ2n) is 6.87. The molecule has 0 aliphatic carbocycles. The van der Waals surface area contributed by atoms with Gasteiger partial charge < -0.3 is 9.80 Å². The molecule has 3 heterocycles. The first kappa shape index (κ1) is 18.1. The first-order valence-electron chi connectivity index (χ1n) is 9.08. The van der Waals surface area contributed by atoms with Crippen LogP contribution in [0.1, 0.15) is 27.6 Å². The molecule has 1 fully saturated rings. The largest absolute Gasteiger partial charge is 0.368 e. The minimum atomic E-state index is -0.884. The number of carbonyl (C=O) groups is 3. The van der Waals surface area contributed by atoms with Crippen LogP contribution in [0.3, 0.4) is 0 Å². The van der Waals surface area contributed by atoms with E-state index in [0.29, 0.717) is 26.2 Å². The van der Waals surface area contributed by atoms with E-state index >= 15 is 0 Å². The SMILES string of the molecule is CC(C(=O)N1CCN(c2ccc(F)cc2)CC1)N1C(=O)c2ccncc2C1=O. The molecule has 7 nitrogen and oxygen atoms in total. The van der Waals surface area contributed by atoms with E-state index < -0.39 is 17.9 Å². The maximum atomic E-state index is 13.1. The highest BCUT2D eigenvalue weighted by Crippen LogP contribution is 2.25. The highest BCUT2D eigenvalue weighted by Gasteiger charge is 2.42. The Bertz CT molecular complexity index is 904. The van der Waals surface area contributed by atoms with E-state index in [9.17, 15) is 18.8 Å². The van der Waals surface area contributed by atoms with Gasteiger partial charge in [0.15, 0.2) is 0 Å². The van der Waals surface area contributed by atoms with Crippen molar-refractivity contribution >= 4 is 23.4 Å². The lowest BCUT2D eigenvalue weighted by molar-refractivity contribution is -0.135. The van der Waals surface area contributed by atoms with Crippen LogP contribution in [0.15, 0.2) is 42.7 Å². The van der Waals surface area contributed by atoms with Gasteiger partial charge >= 0.3 is 0 Å². The van der Waals surface area contributed by atoms with E-state index in [2.05, 4.69) is 9.88 Å². The molecule has 1 saturated heterocycles. The zero-order valence-corrected chi connectivity index (χ0v) is 15.3. The van der Waals surface area contributed by atoms with Crippen LogP contribution in [0.5, 0.6) is 0 Å². The van der Waals surface area contributed by atoms with Gasteiger partial charge in [-0.25, -0.2) is 4.39 Å². The minimum absolute atomic E-state index is 0.230. The van der Waals surface area contributed by atoms with Crippen LogP contribution in [0.2, 0.25) is 0 Å². The molecule has 8 heteroatoms. The number of amides is 3. The van der Waals surface area contributed by atoms with Gasteiger partial charge in [-0.05, 0) is 37.3 Å². The molecule has 1 aromatic carbocycles. The predicted octanol–water partition coefficient (Wildman–Crippen LogP) is 1.55. The van der Waals surface area contributed by atoms with Crippen molar-refractivity contribution in [2.24, 2.45) is 0 Å². The Labute approximate surface area is 161 Å². The fourth-order valence-electron chi connectivity index (χ4n) is 3.67. The molecule has 0 radical (unpaired) electrons. The van der Waals surface area contributed by atoms with Crippen LogP contribution in [-0.4, -0.2) is 64.7 Å². The molecule has 1 unspecified atom stereocenters. The maximum Gasteiger partial charge on any atom is 0.263 e. The van der Waals surface area contributed by atoms with E-state index in [4.69, 9.17) is 0 Å². The second kappa shape index (κ2) is 7.03. The Morgan fingerprint density at radius 2 is 1.64 bits per heavy atom. The average Bonchev–Trinajstić information content (AvgIpc) is 2.98. The lowest BCUT2D eigenvalue weighted by atomic mass is 10.2. The number of imide groups is 1. The van der Waals surface area contributed by atoms with Gasteiger partial charge in [0, 0.05) is 44.3 Å². The summed E-state index contributed by atoms with van der Waals surface area (Å²) in [5.41, 5.74) is 1.41. The number of hydrogen-bond donors (Lipinski definition) is 0. The zero-order chi connectivity index (χ0) is 19.8. The van der Waals surface area contributed by atoms with Crippen molar-refractivity contribution in [3.63, 3.8) is 0 Å². The third-order valence-electron chi connectivity index (χ3n) is 5.25. The summed E-state index contributed by atoms with van der Waals surface area (Å²) >= 11 is 0. The molecule has 1 aromatic heterocycles. The number of halogens is 1. The molecule has 2 aliphatic heterocycles. The molecule has 1 atom stereocenters. The fourth-order valence-corrected chi connectivity index (χ4v) is 3.67. The van der Waals surface area contributed by atoms with Crippen LogP contribution in [0.4, 0.5) is 10.1 Å². The topological polar surface area (TPSA) is 73.8 Å². The first-order valence-corrected chi connectivity index (χ1v) is 9.08. The van der Waals surface area contributed by atoms with E-state index in [1.807, 2.05) is 0 Å². The number of piperazine rings is 1. The molecule has 2 aromatic rings. The molecule has 3 amide bonds. The molecule has 28 heavy (non-hydrogen) atoms. The molecular weight excluding hydrogens is 363 g/mol. The molecule has 2 aliphatic rings. The van der Waals surface area contributed by atoms with Crippen LogP contribution in [0.25, 0.3) is 0 Å². The van der Waals surface area contributed by atoms with Gasteiger partial charge in [0.2, 0.25) is 5.91 Å². The maximum absolute atomic E-state index is 13.1. The Kier molecular flexibility index (Phi) is 4.54. The number of anilines is 1. The van der Waals surface area contributed by atoms with Crippen molar-refractivity contribution in [3.8, 4) is 0 Å². The van der Waals surface area contributed by atoms with Gasteiger partial charge in [0.25, 0.3) is 11.8 Å². The Balaban J connectivity index is 1.42. The molecule has 0 N–H and O–H groups in total. The summed E-state index contributed by atoms with van der Waals surface area (Å²) in [6.45, 7) is 3.69. The van der Waals surface area contributed by atoms with Crippen molar-refractivity contribution in [2.75, 3.05) is 31.1 Å². The van der Waals surface area contributed by atoms with Crippen LogP contribution >= 0.6 is 0 Å². The number of aromatic nitrogens is 1. The molecule has 4 rings (SSSR count). The summed E-state index contributed by atoms with van der Waals surface area (Å²) in [6, 6.07) is 6.85. The van der Waals surface area contributed by atoms with E-state index in [-0.39, 0.29) is 22.9 Å².